The van der Waals surface area contributed by atoms with E-state index in [1.165, 1.54) is 18.9 Å². The van der Waals surface area contributed by atoms with Crippen LogP contribution < -0.4 is 5.32 Å². The number of halogens is 2. The van der Waals surface area contributed by atoms with Crippen LogP contribution in [0.15, 0.2) is 24.3 Å². The van der Waals surface area contributed by atoms with E-state index in [4.69, 9.17) is 0 Å². The molecule has 1 fully saturated rings. The smallest absolute Gasteiger partial charge is 0.130 e. The van der Waals surface area contributed by atoms with Crippen LogP contribution in [-0.4, -0.2) is 12.1 Å². The molecule has 0 saturated carbocycles. The first kappa shape index (κ1) is 12.2. The number of piperidine rings is 1. The molecule has 1 aromatic rings. The van der Waals surface area contributed by atoms with E-state index < -0.39 is 5.82 Å². The molecule has 0 bridgehead atoms. The molecule has 0 aliphatic carbocycles. The fourth-order valence-electron chi connectivity index (χ4n) is 2.19. The van der Waals surface area contributed by atoms with Crippen molar-refractivity contribution in [3.05, 3.63) is 41.5 Å². The van der Waals surface area contributed by atoms with Crippen molar-refractivity contribution in [2.75, 3.05) is 0 Å². The molecule has 1 aliphatic heterocycles. The average molecular weight is 237 g/mol. The molecule has 1 saturated heterocycles. The molecule has 1 N–H and O–H groups in total. The van der Waals surface area contributed by atoms with Gasteiger partial charge in [0, 0.05) is 17.6 Å². The summed E-state index contributed by atoms with van der Waals surface area (Å²) in [6.45, 7) is 2.14. The van der Waals surface area contributed by atoms with E-state index in [-0.39, 0.29) is 11.9 Å². The van der Waals surface area contributed by atoms with Gasteiger partial charge in [-0.3, -0.25) is 0 Å². The molecule has 17 heavy (non-hydrogen) atoms. The molecular formula is C14H17F2N. The quantitative estimate of drug-likeness (QED) is 0.830. The second-order valence-corrected chi connectivity index (χ2v) is 4.63. The maximum atomic E-state index is 13.4. The van der Waals surface area contributed by atoms with Crippen LogP contribution in [0.2, 0.25) is 0 Å². The Morgan fingerprint density at radius 3 is 2.88 bits per heavy atom. The molecule has 1 heterocycles. The van der Waals surface area contributed by atoms with Crippen LogP contribution in [0.25, 0.3) is 6.08 Å². The van der Waals surface area contributed by atoms with Crippen LogP contribution >= 0.6 is 0 Å². The largest absolute Gasteiger partial charge is 0.308 e. The second kappa shape index (κ2) is 5.41. The third kappa shape index (κ3) is 3.37. The molecule has 1 aliphatic rings. The van der Waals surface area contributed by atoms with E-state index in [0.29, 0.717) is 11.6 Å². The lowest BCUT2D eigenvalue weighted by atomic mass is 9.99. The zero-order chi connectivity index (χ0) is 12.3. The van der Waals surface area contributed by atoms with Crippen molar-refractivity contribution in [2.45, 2.75) is 38.3 Å². The molecular weight excluding hydrogens is 220 g/mol. The lowest BCUT2D eigenvalue weighted by Crippen LogP contribution is -2.39. The highest BCUT2D eigenvalue weighted by atomic mass is 19.1. The molecule has 3 heteroatoms. The maximum Gasteiger partial charge on any atom is 0.130 e. The summed E-state index contributed by atoms with van der Waals surface area (Å²) >= 11 is 0. The predicted octanol–water partition coefficient (Wildman–Crippen LogP) is 3.51. The summed E-state index contributed by atoms with van der Waals surface area (Å²) in [6, 6.07) is 4.27. The number of hydrogen-bond acceptors (Lipinski definition) is 1. The minimum atomic E-state index is -0.406. The zero-order valence-electron chi connectivity index (χ0n) is 9.92. The van der Waals surface area contributed by atoms with E-state index in [9.17, 15) is 8.78 Å². The van der Waals surface area contributed by atoms with Crippen molar-refractivity contribution >= 4 is 6.08 Å². The zero-order valence-corrected chi connectivity index (χ0v) is 9.92. The fourth-order valence-corrected chi connectivity index (χ4v) is 2.19. The third-order valence-corrected chi connectivity index (χ3v) is 3.12. The van der Waals surface area contributed by atoms with Crippen LogP contribution in [0.3, 0.4) is 0 Å². The molecule has 2 atom stereocenters. The normalized spacial score (nSPS) is 25.4. The van der Waals surface area contributed by atoms with E-state index in [1.807, 2.05) is 6.08 Å². The van der Waals surface area contributed by atoms with Crippen LogP contribution in [0.5, 0.6) is 0 Å². The van der Waals surface area contributed by atoms with Crippen LogP contribution in [0.1, 0.15) is 31.7 Å². The number of rotatable bonds is 2. The average Bonchev–Trinajstić information content (AvgIpc) is 2.30. The Morgan fingerprint density at radius 2 is 2.12 bits per heavy atom. The standard InChI is InChI=1S/C14H17F2N/c1-10-3-2-4-13(17-10)7-5-11-9-12(15)6-8-14(11)16/h5-10,13,17H,2-4H2,1H3/b7-5+. The van der Waals surface area contributed by atoms with Crippen LogP contribution in [0.4, 0.5) is 8.78 Å². The van der Waals surface area contributed by atoms with E-state index in [0.717, 1.165) is 18.6 Å². The highest BCUT2D eigenvalue weighted by Crippen LogP contribution is 2.16. The summed E-state index contributed by atoms with van der Waals surface area (Å²) in [5.74, 6) is -0.789. The Morgan fingerprint density at radius 1 is 1.29 bits per heavy atom. The van der Waals surface area contributed by atoms with Gasteiger partial charge < -0.3 is 5.32 Å². The highest BCUT2D eigenvalue weighted by molar-refractivity contribution is 5.50. The van der Waals surface area contributed by atoms with Crippen molar-refractivity contribution in [3.8, 4) is 0 Å². The van der Waals surface area contributed by atoms with Crippen molar-refractivity contribution in [1.29, 1.82) is 0 Å². The molecule has 2 unspecified atom stereocenters. The third-order valence-electron chi connectivity index (χ3n) is 3.12. The van der Waals surface area contributed by atoms with Crippen molar-refractivity contribution in [1.82, 2.24) is 5.32 Å². The first-order valence-electron chi connectivity index (χ1n) is 6.04. The summed E-state index contributed by atoms with van der Waals surface area (Å²) in [7, 11) is 0. The highest BCUT2D eigenvalue weighted by Gasteiger charge is 2.14. The Hall–Kier alpha value is -1.22. The maximum absolute atomic E-state index is 13.4. The monoisotopic (exact) mass is 237 g/mol. The molecule has 1 aromatic carbocycles. The lowest BCUT2D eigenvalue weighted by molar-refractivity contribution is 0.375. The van der Waals surface area contributed by atoms with E-state index in [2.05, 4.69) is 12.2 Å². The van der Waals surface area contributed by atoms with Gasteiger partial charge in [0.15, 0.2) is 0 Å². The number of nitrogens with one attached hydrogen (secondary N) is 1. The fraction of sp³-hybridized carbons (Fsp3) is 0.429. The molecule has 92 valence electrons. The second-order valence-electron chi connectivity index (χ2n) is 4.63. The summed E-state index contributed by atoms with van der Waals surface area (Å²) < 4.78 is 26.3. The topological polar surface area (TPSA) is 12.0 Å². The van der Waals surface area contributed by atoms with Crippen LogP contribution in [0, 0.1) is 11.6 Å². The van der Waals surface area contributed by atoms with Gasteiger partial charge in [0.2, 0.25) is 0 Å². The molecule has 0 radical (unpaired) electrons. The molecule has 0 aromatic heterocycles. The van der Waals surface area contributed by atoms with Gasteiger partial charge in [-0.15, -0.1) is 0 Å². The van der Waals surface area contributed by atoms with Crippen LogP contribution in [-0.2, 0) is 0 Å². The summed E-state index contributed by atoms with van der Waals surface area (Å²) in [4.78, 5) is 0. The van der Waals surface area contributed by atoms with E-state index in [1.54, 1.807) is 6.08 Å². The lowest BCUT2D eigenvalue weighted by Gasteiger charge is -2.26. The SMILES string of the molecule is CC1CCCC(/C=C/c2cc(F)ccc2F)N1. The predicted molar refractivity (Wildman–Crippen MR) is 65.6 cm³/mol. The van der Waals surface area contributed by atoms with Gasteiger partial charge in [-0.05, 0) is 38.0 Å². The Balaban J connectivity index is 2.06. The molecule has 2 rings (SSSR count). The van der Waals surface area contributed by atoms with Gasteiger partial charge >= 0.3 is 0 Å². The minimum absolute atomic E-state index is 0.265. The van der Waals surface area contributed by atoms with Crippen molar-refractivity contribution in [3.63, 3.8) is 0 Å². The van der Waals surface area contributed by atoms with Crippen molar-refractivity contribution < 1.29 is 8.78 Å². The molecule has 0 amide bonds. The summed E-state index contributed by atoms with van der Waals surface area (Å²) in [5, 5.41) is 3.42. The van der Waals surface area contributed by atoms with Gasteiger partial charge in [-0.1, -0.05) is 18.6 Å². The Kier molecular flexibility index (Phi) is 3.89. The van der Waals surface area contributed by atoms with Gasteiger partial charge in [-0.25, -0.2) is 8.78 Å². The summed E-state index contributed by atoms with van der Waals surface area (Å²) in [6.07, 6.45) is 6.99. The Labute approximate surface area is 101 Å². The van der Waals surface area contributed by atoms with Gasteiger partial charge in [0.1, 0.15) is 11.6 Å². The summed E-state index contributed by atoms with van der Waals surface area (Å²) in [5.41, 5.74) is 0.310. The first-order chi connectivity index (χ1) is 8.15. The number of benzene rings is 1. The van der Waals surface area contributed by atoms with Gasteiger partial charge in [-0.2, -0.15) is 0 Å². The van der Waals surface area contributed by atoms with Gasteiger partial charge in [0.25, 0.3) is 0 Å². The number of hydrogen-bond donors (Lipinski definition) is 1. The molecule has 1 nitrogen and oxygen atoms in total. The molecule has 0 spiro atoms. The Bertz CT molecular complexity index is 415. The van der Waals surface area contributed by atoms with Gasteiger partial charge in [0.05, 0.1) is 0 Å². The first-order valence-corrected chi connectivity index (χ1v) is 6.04. The van der Waals surface area contributed by atoms with Crippen molar-refractivity contribution in [2.24, 2.45) is 0 Å². The van der Waals surface area contributed by atoms with E-state index >= 15 is 0 Å². The minimum Gasteiger partial charge on any atom is -0.308 e.